The summed E-state index contributed by atoms with van der Waals surface area (Å²) in [5.41, 5.74) is -0.0519. The predicted octanol–water partition coefficient (Wildman–Crippen LogP) is 0.515. The molecule has 0 atom stereocenters. The number of nitrogens with one attached hydrogen (secondary N) is 1. The zero-order valence-electron chi connectivity index (χ0n) is 13.6. The van der Waals surface area contributed by atoms with E-state index in [0.29, 0.717) is 5.69 Å². The van der Waals surface area contributed by atoms with Crippen LogP contribution in [0.5, 0.6) is 5.75 Å². The minimum Gasteiger partial charge on any atom is -0.505 e. The summed E-state index contributed by atoms with van der Waals surface area (Å²) in [5, 5.41) is 21.0. The Morgan fingerprint density at radius 2 is 1.92 bits per heavy atom. The van der Waals surface area contributed by atoms with Gasteiger partial charge < -0.3 is 15.5 Å². The lowest BCUT2D eigenvalue weighted by Crippen LogP contribution is -2.35. The molecule has 26 heavy (non-hydrogen) atoms. The number of carbonyl (C=O) groups is 2. The Labute approximate surface area is 146 Å². The van der Waals surface area contributed by atoms with Crippen LogP contribution in [0.4, 0.5) is 0 Å². The van der Waals surface area contributed by atoms with Crippen LogP contribution in [0.15, 0.2) is 41.3 Å². The van der Waals surface area contributed by atoms with E-state index in [-0.39, 0.29) is 11.2 Å². The third-order valence-electron chi connectivity index (χ3n) is 3.75. The third-order valence-corrected chi connectivity index (χ3v) is 3.75. The molecule has 2 aromatic heterocycles. The lowest BCUT2D eigenvalue weighted by atomic mass is 10.1. The van der Waals surface area contributed by atoms with Crippen LogP contribution >= 0.6 is 0 Å². The fourth-order valence-corrected chi connectivity index (χ4v) is 2.46. The van der Waals surface area contributed by atoms with Crippen molar-refractivity contribution in [3.8, 4) is 17.0 Å². The van der Waals surface area contributed by atoms with Crippen LogP contribution in [0.2, 0.25) is 0 Å². The second kappa shape index (κ2) is 6.63. The van der Waals surface area contributed by atoms with Gasteiger partial charge in [0.25, 0.3) is 11.5 Å². The van der Waals surface area contributed by atoms with E-state index >= 15 is 0 Å². The Morgan fingerprint density at radius 1 is 1.23 bits per heavy atom. The van der Waals surface area contributed by atoms with Gasteiger partial charge in [0.2, 0.25) is 0 Å². The predicted molar refractivity (Wildman–Crippen MR) is 91.8 cm³/mol. The molecule has 9 nitrogen and oxygen atoms in total. The van der Waals surface area contributed by atoms with Gasteiger partial charge in [0.05, 0.1) is 11.9 Å². The molecule has 3 aromatic rings. The lowest BCUT2D eigenvalue weighted by Gasteiger charge is -2.11. The van der Waals surface area contributed by atoms with E-state index in [1.54, 1.807) is 0 Å². The summed E-state index contributed by atoms with van der Waals surface area (Å²) in [7, 11) is 1.39. The monoisotopic (exact) mass is 354 g/mol. The minimum absolute atomic E-state index is 0.0349. The van der Waals surface area contributed by atoms with Gasteiger partial charge in [-0.1, -0.05) is 30.3 Å². The molecule has 0 spiro atoms. The molecule has 0 bridgehead atoms. The highest BCUT2D eigenvalue weighted by Gasteiger charge is 2.23. The molecule has 0 aliphatic rings. The van der Waals surface area contributed by atoms with Gasteiger partial charge in [-0.2, -0.15) is 0 Å². The molecule has 0 aliphatic heterocycles. The highest BCUT2D eigenvalue weighted by molar-refractivity contribution is 6.01. The zero-order chi connectivity index (χ0) is 18.8. The number of nitrogens with zero attached hydrogens (tertiary/aromatic N) is 3. The SMILES string of the molecule is Cn1c(=O)c(C(=O)NCC(=O)O)c(O)c2ncc(-c3ccccc3)nc21. The number of aromatic nitrogens is 3. The number of hydrogen-bond acceptors (Lipinski definition) is 6. The molecule has 1 aromatic carbocycles. The van der Waals surface area contributed by atoms with Crippen LogP contribution in [0, 0.1) is 0 Å². The summed E-state index contributed by atoms with van der Waals surface area (Å²) >= 11 is 0. The molecule has 132 valence electrons. The van der Waals surface area contributed by atoms with Crippen molar-refractivity contribution >= 4 is 23.0 Å². The van der Waals surface area contributed by atoms with E-state index < -0.39 is 35.3 Å². The Kier molecular flexibility index (Phi) is 4.36. The molecule has 2 heterocycles. The van der Waals surface area contributed by atoms with Crippen molar-refractivity contribution in [1.82, 2.24) is 19.9 Å². The molecule has 0 saturated heterocycles. The van der Waals surface area contributed by atoms with E-state index in [1.807, 2.05) is 35.6 Å². The second-order valence-corrected chi connectivity index (χ2v) is 5.46. The highest BCUT2D eigenvalue weighted by atomic mass is 16.4. The number of amides is 1. The molecule has 0 unspecified atom stereocenters. The lowest BCUT2D eigenvalue weighted by molar-refractivity contribution is -0.135. The number of benzene rings is 1. The first-order valence-electron chi connectivity index (χ1n) is 7.54. The van der Waals surface area contributed by atoms with Crippen molar-refractivity contribution in [2.45, 2.75) is 0 Å². The van der Waals surface area contributed by atoms with Crippen molar-refractivity contribution in [1.29, 1.82) is 0 Å². The number of carboxylic acids is 1. The van der Waals surface area contributed by atoms with Crippen LogP contribution in [0.3, 0.4) is 0 Å². The Bertz CT molecular complexity index is 1080. The number of aliphatic carboxylic acids is 1. The van der Waals surface area contributed by atoms with Crippen LogP contribution < -0.4 is 10.9 Å². The number of aryl methyl sites for hydroxylation is 1. The molecular weight excluding hydrogens is 340 g/mol. The van der Waals surface area contributed by atoms with Gasteiger partial charge in [0.15, 0.2) is 11.4 Å². The largest absolute Gasteiger partial charge is 0.505 e. The van der Waals surface area contributed by atoms with E-state index in [1.165, 1.54) is 13.2 Å². The van der Waals surface area contributed by atoms with E-state index in [0.717, 1.165) is 10.1 Å². The Balaban J connectivity index is 2.16. The van der Waals surface area contributed by atoms with Gasteiger partial charge in [0, 0.05) is 12.6 Å². The van der Waals surface area contributed by atoms with Gasteiger partial charge in [-0.15, -0.1) is 0 Å². The summed E-state index contributed by atoms with van der Waals surface area (Å²) in [5.74, 6) is -2.91. The fourth-order valence-electron chi connectivity index (χ4n) is 2.46. The van der Waals surface area contributed by atoms with E-state index in [4.69, 9.17) is 5.11 Å². The third kappa shape index (κ3) is 2.97. The number of hydrogen-bond donors (Lipinski definition) is 3. The molecule has 0 saturated carbocycles. The Morgan fingerprint density at radius 3 is 2.58 bits per heavy atom. The number of carboxylic acid groups (broad SMARTS) is 1. The molecular formula is C17H14N4O5. The normalized spacial score (nSPS) is 10.7. The van der Waals surface area contributed by atoms with Crippen LogP contribution in [-0.2, 0) is 11.8 Å². The zero-order valence-corrected chi connectivity index (χ0v) is 13.6. The summed E-state index contributed by atoms with van der Waals surface area (Å²) in [4.78, 5) is 43.6. The van der Waals surface area contributed by atoms with Gasteiger partial charge in [-0.3, -0.25) is 19.0 Å². The number of fused-ring (bicyclic) bond motifs is 1. The topological polar surface area (TPSA) is 134 Å². The van der Waals surface area contributed by atoms with Crippen molar-refractivity contribution in [3.63, 3.8) is 0 Å². The molecule has 0 fully saturated rings. The molecule has 1 amide bonds. The minimum atomic E-state index is -1.28. The van der Waals surface area contributed by atoms with E-state index in [2.05, 4.69) is 9.97 Å². The average Bonchev–Trinajstić information content (AvgIpc) is 2.65. The summed E-state index contributed by atoms with van der Waals surface area (Å²) in [6, 6.07) is 9.14. The standard InChI is InChI=1S/C17H14N4O5/c1-21-15-13(18-7-10(20-15)9-5-3-2-4-6-9)14(24)12(17(21)26)16(25)19-8-11(22)23/h2-7,24H,8H2,1H3,(H,19,25)(H,22,23). The fraction of sp³-hybridized carbons (Fsp3) is 0.118. The van der Waals surface area contributed by atoms with Crippen molar-refractivity contribution in [2.24, 2.45) is 7.05 Å². The van der Waals surface area contributed by atoms with Gasteiger partial charge in [-0.05, 0) is 0 Å². The van der Waals surface area contributed by atoms with Gasteiger partial charge >= 0.3 is 5.97 Å². The quantitative estimate of drug-likeness (QED) is 0.621. The number of aromatic hydroxyl groups is 1. The molecule has 3 N–H and O–H groups in total. The second-order valence-electron chi connectivity index (χ2n) is 5.46. The van der Waals surface area contributed by atoms with Crippen molar-refractivity contribution < 1.29 is 19.8 Å². The first-order chi connectivity index (χ1) is 12.4. The summed E-state index contributed by atoms with van der Waals surface area (Å²) in [6.07, 6.45) is 1.42. The maximum absolute atomic E-state index is 12.5. The molecule has 0 radical (unpaired) electrons. The smallest absolute Gasteiger partial charge is 0.322 e. The van der Waals surface area contributed by atoms with Crippen molar-refractivity contribution in [2.75, 3.05) is 6.54 Å². The maximum atomic E-state index is 12.5. The average molecular weight is 354 g/mol. The van der Waals surface area contributed by atoms with Crippen LogP contribution in [0.1, 0.15) is 10.4 Å². The Hall–Kier alpha value is -3.75. The maximum Gasteiger partial charge on any atom is 0.322 e. The number of carbonyl (C=O) groups excluding carboxylic acids is 1. The summed E-state index contributed by atoms with van der Waals surface area (Å²) < 4.78 is 1.09. The van der Waals surface area contributed by atoms with Crippen LogP contribution in [-0.4, -0.2) is 43.2 Å². The summed E-state index contributed by atoms with van der Waals surface area (Å²) in [6.45, 7) is -0.682. The van der Waals surface area contributed by atoms with E-state index in [9.17, 15) is 19.5 Å². The highest BCUT2D eigenvalue weighted by Crippen LogP contribution is 2.25. The first-order valence-corrected chi connectivity index (χ1v) is 7.54. The molecule has 3 rings (SSSR count). The van der Waals surface area contributed by atoms with Gasteiger partial charge in [-0.25, -0.2) is 9.97 Å². The number of rotatable bonds is 4. The molecule has 9 heteroatoms. The number of pyridine rings is 1. The first kappa shape index (κ1) is 17.1. The van der Waals surface area contributed by atoms with Gasteiger partial charge in [0.1, 0.15) is 17.6 Å². The van der Waals surface area contributed by atoms with Crippen molar-refractivity contribution in [3.05, 3.63) is 52.4 Å². The molecule has 0 aliphatic carbocycles. The van der Waals surface area contributed by atoms with Crippen LogP contribution in [0.25, 0.3) is 22.4 Å².